The van der Waals surface area contributed by atoms with Gasteiger partial charge in [-0.05, 0) is 12.3 Å². The number of rotatable bonds is 5. The van der Waals surface area contributed by atoms with Gasteiger partial charge >= 0.3 is 0 Å². The molecule has 1 aromatic rings. The molecule has 1 rings (SSSR count). The molecule has 0 fully saturated rings. The van der Waals surface area contributed by atoms with E-state index in [2.05, 4.69) is 60.8 Å². The van der Waals surface area contributed by atoms with Gasteiger partial charge in [0.25, 0.3) is 0 Å². The molecule has 0 unspecified atom stereocenters. The monoisotopic (exact) mass is 239 g/mol. The quantitative estimate of drug-likeness (QED) is 0.441. The number of unbranched alkanes of at least 4 members (excludes halogenated alkanes) is 1. The van der Waals surface area contributed by atoms with Gasteiger partial charge in [0.1, 0.15) is 12.4 Å². The highest BCUT2D eigenvalue weighted by Crippen LogP contribution is 1.95. The van der Waals surface area contributed by atoms with E-state index in [1.54, 1.807) is 0 Å². The number of nitrogens with zero attached hydrogens (tertiary/aromatic N) is 3. The summed E-state index contributed by atoms with van der Waals surface area (Å²) in [5.74, 6) is 0.729. The Morgan fingerprint density at radius 1 is 1.50 bits per heavy atom. The number of aryl methyl sites for hydroxylation is 1. The van der Waals surface area contributed by atoms with Crippen molar-refractivity contribution in [2.45, 2.75) is 46.7 Å². The summed E-state index contributed by atoms with van der Waals surface area (Å²) in [6.07, 6.45) is 9.07. The van der Waals surface area contributed by atoms with E-state index in [0.717, 1.165) is 19.0 Å². The molecule has 1 heterocycles. The second-order valence-electron chi connectivity index (χ2n) is 4.19. The van der Waals surface area contributed by atoms with Crippen LogP contribution in [0.2, 0.25) is 0 Å². The van der Waals surface area contributed by atoms with E-state index in [1.807, 2.05) is 0 Å². The molecule has 0 spiro atoms. The van der Waals surface area contributed by atoms with Crippen molar-refractivity contribution < 1.29 is 4.57 Å². The second-order valence-corrected chi connectivity index (χ2v) is 4.37. The summed E-state index contributed by atoms with van der Waals surface area (Å²) in [5.41, 5.74) is 0. The molecule has 4 heteroatoms. The van der Waals surface area contributed by atoms with Crippen LogP contribution in [-0.4, -0.2) is 9.73 Å². The molecule has 0 aliphatic heterocycles. The first-order chi connectivity index (χ1) is 7.63. The molecule has 0 aliphatic rings. The SMILES string of the molecule is CCCCn1cc[n+](CC(C)C)c1.[N-]=C=S. The van der Waals surface area contributed by atoms with E-state index in [1.165, 1.54) is 18.0 Å². The molecule has 0 N–H and O–H groups in total. The molecular formula is C12H21N3S. The van der Waals surface area contributed by atoms with Gasteiger partial charge in [0, 0.05) is 0 Å². The number of isothiocyanates is 1. The highest BCUT2D eigenvalue weighted by Gasteiger charge is 2.04. The molecule has 0 atom stereocenters. The lowest BCUT2D eigenvalue weighted by molar-refractivity contribution is -0.701. The Morgan fingerprint density at radius 2 is 2.12 bits per heavy atom. The number of thiocarbonyl (C=S) groups is 1. The zero-order chi connectivity index (χ0) is 12.4. The van der Waals surface area contributed by atoms with Crippen LogP contribution in [0.25, 0.3) is 5.41 Å². The van der Waals surface area contributed by atoms with Crippen LogP contribution < -0.4 is 4.57 Å². The van der Waals surface area contributed by atoms with Gasteiger partial charge in [-0.1, -0.05) is 39.4 Å². The van der Waals surface area contributed by atoms with Crippen LogP contribution in [0.3, 0.4) is 0 Å². The smallest absolute Gasteiger partial charge is 0.243 e. The summed E-state index contributed by atoms with van der Waals surface area (Å²) in [6.45, 7) is 9.00. The van der Waals surface area contributed by atoms with Crippen molar-refractivity contribution in [3.63, 3.8) is 0 Å². The minimum Gasteiger partial charge on any atom is -0.753 e. The van der Waals surface area contributed by atoms with Gasteiger partial charge < -0.3 is 5.41 Å². The number of hydrogen-bond acceptors (Lipinski definition) is 1. The van der Waals surface area contributed by atoms with Crippen LogP contribution >= 0.6 is 12.2 Å². The maximum absolute atomic E-state index is 7.13. The van der Waals surface area contributed by atoms with Crippen LogP contribution in [0, 0.1) is 5.92 Å². The summed E-state index contributed by atoms with van der Waals surface area (Å²) >= 11 is 3.70. The molecule has 16 heavy (non-hydrogen) atoms. The van der Waals surface area contributed by atoms with Crippen molar-refractivity contribution in [2.75, 3.05) is 0 Å². The van der Waals surface area contributed by atoms with Crippen molar-refractivity contribution in [3.05, 3.63) is 24.1 Å². The van der Waals surface area contributed by atoms with Crippen molar-refractivity contribution in [1.29, 1.82) is 0 Å². The fourth-order valence-corrected chi connectivity index (χ4v) is 1.44. The Labute approximate surface area is 104 Å². The molecule has 0 amide bonds. The van der Waals surface area contributed by atoms with Crippen molar-refractivity contribution in [1.82, 2.24) is 4.57 Å². The van der Waals surface area contributed by atoms with Gasteiger partial charge in [0.2, 0.25) is 6.33 Å². The number of aromatic nitrogens is 2. The Kier molecular flexibility index (Phi) is 8.68. The van der Waals surface area contributed by atoms with Crippen LogP contribution in [0.1, 0.15) is 33.6 Å². The third kappa shape index (κ3) is 7.32. The van der Waals surface area contributed by atoms with E-state index in [0.29, 0.717) is 0 Å². The van der Waals surface area contributed by atoms with Gasteiger partial charge in [0.05, 0.1) is 13.1 Å². The lowest BCUT2D eigenvalue weighted by Gasteiger charge is -1.98. The van der Waals surface area contributed by atoms with Gasteiger partial charge in [-0.15, -0.1) is 0 Å². The van der Waals surface area contributed by atoms with Crippen molar-refractivity contribution in [3.8, 4) is 0 Å². The van der Waals surface area contributed by atoms with E-state index in [-0.39, 0.29) is 0 Å². The van der Waals surface area contributed by atoms with E-state index >= 15 is 0 Å². The van der Waals surface area contributed by atoms with E-state index < -0.39 is 0 Å². The van der Waals surface area contributed by atoms with E-state index in [4.69, 9.17) is 5.41 Å². The molecule has 3 nitrogen and oxygen atoms in total. The molecule has 0 aliphatic carbocycles. The minimum atomic E-state index is 0.729. The third-order valence-corrected chi connectivity index (χ3v) is 2.09. The van der Waals surface area contributed by atoms with Crippen LogP contribution in [-0.2, 0) is 13.1 Å². The topological polar surface area (TPSA) is 31.1 Å². The maximum atomic E-state index is 7.13. The van der Waals surface area contributed by atoms with Gasteiger partial charge in [0.15, 0.2) is 0 Å². The summed E-state index contributed by atoms with van der Waals surface area (Å²) < 4.78 is 4.53. The van der Waals surface area contributed by atoms with Crippen LogP contribution in [0.15, 0.2) is 18.7 Å². The minimum absolute atomic E-state index is 0.729. The van der Waals surface area contributed by atoms with Crippen LogP contribution in [0.4, 0.5) is 0 Å². The molecule has 0 aromatic carbocycles. The molecule has 90 valence electrons. The molecule has 1 aromatic heterocycles. The lowest BCUT2D eigenvalue weighted by atomic mass is 10.2. The lowest BCUT2D eigenvalue weighted by Crippen LogP contribution is -2.33. The zero-order valence-electron chi connectivity index (χ0n) is 10.4. The third-order valence-electron chi connectivity index (χ3n) is 2.09. The summed E-state index contributed by atoms with van der Waals surface area (Å²) in [4.78, 5) is 0. The summed E-state index contributed by atoms with van der Waals surface area (Å²) in [7, 11) is 0. The zero-order valence-corrected chi connectivity index (χ0v) is 11.2. The maximum Gasteiger partial charge on any atom is 0.243 e. The largest absolute Gasteiger partial charge is 0.753 e. The normalized spacial score (nSPS) is 9.50. The van der Waals surface area contributed by atoms with E-state index in [9.17, 15) is 0 Å². The Hall–Kier alpha value is -0.990. The molecule has 0 bridgehead atoms. The van der Waals surface area contributed by atoms with Crippen molar-refractivity contribution in [2.24, 2.45) is 5.92 Å². The highest BCUT2D eigenvalue weighted by molar-refractivity contribution is 7.78. The average Bonchev–Trinajstić information content (AvgIpc) is 2.63. The predicted octanol–water partition coefficient (Wildman–Crippen LogP) is 2.89. The number of imidazole rings is 1. The van der Waals surface area contributed by atoms with Gasteiger partial charge in [-0.3, -0.25) is 0 Å². The molecule has 0 saturated carbocycles. The second kappa shape index (κ2) is 9.25. The Morgan fingerprint density at radius 3 is 2.62 bits per heavy atom. The first-order valence-electron chi connectivity index (χ1n) is 5.70. The standard InChI is InChI=1S/C11H21N2.CNS/c1-4-5-6-12-7-8-13(10-12)9-11(2)3;2-1-3/h7-8,10-11H,4-6,9H2,1-3H3;/q+1;-1. The average molecular weight is 239 g/mol. The molecular weight excluding hydrogens is 218 g/mol. The first-order valence-corrected chi connectivity index (χ1v) is 6.10. The van der Waals surface area contributed by atoms with Gasteiger partial charge in [-0.25, -0.2) is 9.13 Å². The predicted molar refractivity (Wildman–Crippen MR) is 70.3 cm³/mol. The van der Waals surface area contributed by atoms with Crippen molar-refractivity contribution >= 4 is 17.4 Å². The summed E-state index contributed by atoms with van der Waals surface area (Å²) in [5, 5.41) is 8.47. The fourth-order valence-electron chi connectivity index (χ4n) is 1.44. The Balaban J connectivity index is 0.000000673. The molecule has 0 saturated heterocycles. The number of hydrogen-bond donors (Lipinski definition) is 0. The first kappa shape index (κ1) is 15.0. The Bertz CT molecular complexity index is 312. The fraction of sp³-hybridized carbons (Fsp3) is 0.667. The molecule has 0 radical (unpaired) electrons. The highest BCUT2D eigenvalue weighted by atomic mass is 32.1. The van der Waals surface area contributed by atoms with Gasteiger partial charge in [-0.2, -0.15) is 5.16 Å². The summed E-state index contributed by atoms with van der Waals surface area (Å²) in [6, 6.07) is 0. The van der Waals surface area contributed by atoms with Crippen LogP contribution in [0.5, 0.6) is 0 Å².